The summed E-state index contributed by atoms with van der Waals surface area (Å²) >= 11 is 0. The highest BCUT2D eigenvalue weighted by molar-refractivity contribution is 5.96. The van der Waals surface area contributed by atoms with Gasteiger partial charge in [0.15, 0.2) is 5.95 Å². The maximum atomic E-state index is 12.2. The molecule has 31 heavy (non-hydrogen) atoms. The van der Waals surface area contributed by atoms with Gasteiger partial charge in [0.2, 0.25) is 0 Å². The summed E-state index contributed by atoms with van der Waals surface area (Å²) in [6, 6.07) is 5.13. The number of rotatable bonds is 12. The van der Waals surface area contributed by atoms with Crippen LogP contribution in [0.5, 0.6) is 0 Å². The van der Waals surface area contributed by atoms with Crippen LogP contribution >= 0.6 is 0 Å². The average molecular weight is 432 g/mol. The van der Waals surface area contributed by atoms with Gasteiger partial charge in [-0.1, -0.05) is 0 Å². The van der Waals surface area contributed by atoms with Crippen molar-refractivity contribution >= 4 is 35.2 Å². The van der Waals surface area contributed by atoms with Crippen molar-refractivity contribution in [2.75, 3.05) is 29.5 Å². The standard InChI is InChI=1S/C19H24N6O6/c20-19-23-10-14(17(29)25-19)22-9-1-8-21-12-4-2-11(3-5-12)16(28)24-13(18(30)31)6-7-15(26)27/h2-5,10,13,21-22H,1,6-9H2,(H,24,28)(H,26,27)(H,30,31)(H3,20,23,25,29). The van der Waals surface area contributed by atoms with Crippen molar-refractivity contribution in [2.24, 2.45) is 0 Å². The summed E-state index contributed by atoms with van der Waals surface area (Å²) in [5.74, 6) is -2.98. The molecule has 1 aromatic carbocycles. The second kappa shape index (κ2) is 11.2. The number of hydrogen-bond acceptors (Lipinski definition) is 8. The van der Waals surface area contributed by atoms with Crippen LogP contribution in [0.2, 0.25) is 0 Å². The number of anilines is 3. The number of nitrogens with zero attached hydrogens (tertiary/aromatic N) is 1. The van der Waals surface area contributed by atoms with Crippen molar-refractivity contribution < 1.29 is 24.6 Å². The van der Waals surface area contributed by atoms with Gasteiger partial charge in [-0.05, 0) is 37.1 Å². The Kier molecular flexibility index (Phi) is 8.37. The smallest absolute Gasteiger partial charge is 0.326 e. The Morgan fingerprint density at radius 3 is 2.39 bits per heavy atom. The number of hydrogen-bond donors (Lipinski definition) is 7. The largest absolute Gasteiger partial charge is 0.481 e. The topological polar surface area (TPSA) is 200 Å². The molecule has 0 saturated carbocycles. The van der Waals surface area contributed by atoms with E-state index in [2.05, 4.69) is 25.9 Å². The Bertz CT molecular complexity index is 975. The second-order valence-electron chi connectivity index (χ2n) is 6.59. The molecule has 0 aliphatic rings. The fraction of sp³-hybridized carbons (Fsp3) is 0.316. The predicted molar refractivity (Wildman–Crippen MR) is 113 cm³/mol. The lowest BCUT2D eigenvalue weighted by Crippen LogP contribution is -2.41. The number of aromatic amines is 1. The summed E-state index contributed by atoms with van der Waals surface area (Å²) in [5.41, 5.74) is 6.37. The Morgan fingerprint density at radius 1 is 1.10 bits per heavy atom. The molecule has 0 bridgehead atoms. The van der Waals surface area contributed by atoms with E-state index in [1.165, 1.54) is 18.3 Å². The average Bonchev–Trinajstić information content (AvgIpc) is 2.72. The minimum Gasteiger partial charge on any atom is -0.481 e. The van der Waals surface area contributed by atoms with Gasteiger partial charge in [-0.2, -0.15) is 0 Å². The van der Waals surface area contributed by atoms with Crippen LogP contribution in [0, 0.1) is 0 Å². The normalized spacial score (nSPS) is 11.4. The predicted octanol–water partition coefficient (Wildman–Crippen LogP) is 0.314. The van der Waals surface area contributed by atoms with E-state index < -0.39 is 23.9 Å². The van der Waals surface area contributed by atoms with E-state index in [4.69, 9.17) is 15.9 Å². The number of nitrogens with two attached hydrogens (primary N) is 1. The zero-order valence-corrected chi connectivity index (χ0v) is 16.6. The van der Waals surface area contributed by atoms with E-state index >= 15 is 0 Å². The fourth-order valence-corrected chi connectivity index (χ4v) is 2.58. The number of nitrogens with one attached hydrogen (secondary N) is 4. The molecule has 0 radical (unpaired) electrons. The van der Waals surface area contributed by atoms with E-state index in [9.17, 15) is 19.2 Å². The third-order valence-corrected chi connectivity index (χ3v) is 4.21. The van der Waals surface area contributed by atoms with Crippen LogP contribution in [0.15, 0.2) is 35.3 Å². The molecule has 0 aliphatic heterocycles. The number of nitrogen functional groups attached to an aromatic ring is 1. The van der Waals surface area contributed by atoms with Crippen molar-refractivity contribution in [1.82, 2.24) is 15.3 Å². The first kappa shape index (κ1) is 23.2. The number of aliphatic carboxylic acids is 2. The number of carbonyl (C=O) groups excluding carboxylic acids is 1. The number of H-pyrrole nitrogens is 1. The number of benzene rings is 1. The van der Waals surface area contributed by atoms with E-state index in [-0.39, 0.29) is 29.9 Å². The van der Waals surface area contributed by atoms with Crippen LogP contribution in [0.4, 0.5) is 17.3 Å². The summed E-state index contributed by atoms with van der Waals surface area (Å²) < 4.78 is 0. The second-order valence-corrected chi connectivity index (χ2v) is 6.59. The maximum absolute atomic E-state index is 12.2. The Hall–Kier alpha value is -4.09. The third kappa shape index (κ3) is 7.68. The number of amides is 1. The minimum absolute atomic E-state index is 0.0492. The van der Waals surface area contributed by atoms with Gasteiger partial charge in [0.05, 0.1) is 6.20 Å². The molecule has 0 spiro atoms. The van der Waals surface area contributed by atoms with Crippen molar-refractivity contribution in [3.05, 3.63) is 46.4 Å². The molecule has 1 amide bonds. The van der Waals surface area contributed by atoms with Gasteiger partial charge in [-0.15, -0.1) is 0 Å². The summed E-state index contributed by atoms with van der Waals surface area (Å²) in [7, 11) is 0. The van der Waals surface area contributed by atoms with E-state index in [0.717, 1.165) is 5.69 Å². The first-order valence-corrected chi connectivity index (χ1v) is 9.44. The highest BCUT2D eigenvalue weighted by atomic mass is 16.4. The summed E-state index contributed by atoms with van der Waals surface area (Å²) in [6.07, 6.45) is 1.48. The van der Waals surface area contributed by atoms with Gasteiger partial charge in [0, 0.05) is 30.8 Å². The van der Waals surface area contributed by atoms with E-state index in [1.54, 1.807) is 12.1 Å². The monoisotopic (exact) mass is 432 g/mol. The molecule has 2 aromatic rings. The van der Waals surface area contributed by atoms with E-state index in [1.807, 2.05) is 0 Å². The first-order chi connectivity index (χ1) is 14.8. The molecular weight excluding hydrogens is 408 g/mol. The zero-order valence-electron chi connectivity index (χ0n) is 16.6. The van der Waals surface area contributed by atoms with Gasteiger partial charge in [0.1, 0.15) is 11.7 Å². The summed E-state index contributed by atoms with van der Waals surface area (Å²) in [6.45, 7) is 1.12. The van der Waals surface area contributed by atoms with Crippen molar-refractivity contribution in [3.8, 4) is 0 Å². The van der Waals surface area contributed by atoms with E-state index in [0.29, 0.717) is 25.2 Å². The molecule has 1 aromatic heterocycles. The molecule has 12 nitrogen and oxygen atoms in total. The Labute approximate surface area is 176 Å². The molecule has 12 heteroatoms. The molecular formula is C19H24N6O6. The lowest BCUT2D eigenvalue weighted by atomic mass is 10.1. The van der Waals surface area contributed by atoms with Gasteiger partial charge >= 0.3 is 11.9 Å². The lowest BCUT2D eigenvalue weighted by molar-refractivity contribution is -0.140. The molecule has 1 heterocycles. The van der Waals surface area contributed by atoms with Crippen molar-refractivity contribution in [3.63, 3.8) is 0 Å². The third-order valence-electron chi connectivity index (χ3n) is 4.21. The van der Waals surface area contributed by atoms with Crippen LogP contribution in [0.25, 0.3) is 0 Å². The Balaban J connectivity index is 1.77. The molecule has 8 N–H and O–H groups in total. The molecule has 166 valence electrons. The number of aromatic nitrogens is 2. The quantitative estimate of drug-likeness (QED) is 0.229. The summed E-state index contributed by atoms with van der Waals surface area (Å²) in [5, 5.41) is 26.2. The fourth-order valence-electron chi connectivity index (χ4n) is 2.58. The lowest BCUT2D eigenvalue weighted by Gasteiger charge is -2.14. The zero-order chi connectivity index (χ0) is 22.8. The van der Waals surface area contributed by atoms with Crippen LogP contribution in [0.1, 0.15) is 29.6 Å². The highest BCUT2D eigenvalue weighted by Crippen LogP contribution is 2.10. The van der Waals surface area contributed by atoms with Crippen LogP contribution < -0.4 is 27.2 Å². The highest BCUT2D eigenvalue weighted by Gasteiger charge is 2.21. The Morgan fingerprint density at radius 2 is 1.77 bits per heavy atom. The number of carboxylic acids is 2. The maximum Gasteiger partial charge on any atom is 0.326 e. The molecule has 1 unspecified atom stereocenters. The van der Waals surface area contributed by atoms with Gasteiger partial charge in [0.25, 0.3) is 11.5 Å². The van der Waals surface area contributed by atoms with Gasteiger partial charge in [-0.25, -0.2) is 9.78 Å². The number of carboxylic acid groups (broad SMARTS) is 2. The van der Waals surface area contributed by atoms with Crippen LogP contribution in [0.3, 0.4) is 0 Å². The first-order valence-electron chi connectivity index (χ1n) is 9.44. The molecule has 0 aliphatic carbocycles. The molecule has 0 fully saturated rings. The van der Waals surface area contributed by atoms with Crippen LogP contribution in [-0.2, 0) is 9.59 Å². The van der Waals surface area contributed by atoms with Gasteiger partial charge in [-0.3, -0.25) is 19.4 Å². The molecule has 2 rings (SSSR count). The van der Waals surface area contributed by atoms with Crippen LogP contribution in [-0.4, -0.2) is 57.2 Å². The van der Waals surface area contributed by atoms with Gasteiger partial charge < -0.3 is 31.9 Å². The summed E-state index contributed by atoms with van der Waals surface area (Å²) in [4.78, 5) is 51.8. The van der Waals surface area contributed by atoms with Crippen molar-refractivity contribution in [1.29, 1.82) is 0 Å². The molecule has 0 saturated heterocycles. The van der Waals surface area contributed by atoms with Crippen molar-refractivity contribution in [2.45, 2.75) is 25.3 Å². The molecule has 1 atom stereocenters. The number of carbonyl (C=O) groups is 3. The minimum atomic E-state index is -1.29. The SMILES string of the molecule is Nc1ncc(NCCCNc2ccc(C(=O)NC(CCC(=O)O)C(=O)O)cc2)c(=O)[nH]1.